The van der Waals surface area contributed by atoms with Crippen molar-refractivity contribution in [3.05, 3.63) is 95.6 Å². The summed E-state index contributed by atoms with van der Waals surface area (Å²) in [5.74, 6) is -5.74. The topological polar surface area (TPSA) is 137 Å². The Bertz CT molecular complexity index is 1780. The van der Waals surface area contributed by atoms with Gasteiger partial charge in [0.25, 0.3) is 11.8 Å². The molecule has 0 aliphatic rings. The Morgan fingerprint density at radius 2 is 1.76 bits per heavy atom. The number of anilines is 1. The SMILES string of the molecule is [2H]C([2H])([2H])Oc1cc(OC(F)(F)F)ccc1Oc1cc(-c2ccc(C#N)cc2)cc(F)c1C(=O)Nc1ccnc(C(N)=O)c1. The van der Waals surface area contributed by atoms with Crippen LogP contribution in [0.5, 0.6) is 23.0 Å². The zero-order valence-electron chi connectivity index (χ0n) is 23.5. The van der Waals surface area contributed by atoms with Crippen LogP contribution in [0.2, 0.25) is 0 Å². The third-order valence-electron chi connectivity index (χ3n) is 5.38. The molecule has 0 spiro atoms. The summed E-state index contributed by atoms with van der Waals surface area (Å²) in [5.41, 5.74) is 5.14. The molecule has 208 valence electrons. The molecule has 1 aromatic heterocycles. The number of benzene rings is 3. The molecule has 1 heterocycles. The average molecular weight is 569 g/mol. The number of nitrogens with zero attached hydrogens (tertiary/aromatic N) is 2. The summed E-state index contributed by atoms with van der Waals surface area (Å²) in [6, 6.07) is 14.7. The van der Waals surface area contributed by atoms with Gasteiger partial charge in [-0.15, -0.1) is 13.2 Å². The number of ether oxygens (including phenoxy) is 3. The van der Waals surface area contributed by atoms with Crippen LogP contribution in [-0.2, 0) is 0 Å². The summed E-state index contributed by atoms with van der Waals surface area (Å²) in [7, 11) is -3.16. The van der Waals surface area contributed by atoms with Gasteiger partial charge in [0.15, 0.2) is 11.5 Å². The number of carbonyl (C=O) groups is 2. The number of carbonyl (C=O) groups excluding carboxylic acids is 2. The van der Waals surface area contributed by atoms with Crippen molar-refractivity contribution in [2.75, 3.05) is 12.4 Å². The lowest BCUT2D eigenvalue weighted by Crippen LogP contribution is -2.17. The van der Waals surface area contributed by atoms with E-state index in [2.05, 4.69) is 15.0 Å². The predicted molar refractivity (Wildman–Crippen MR) is 137 cm³/mol. The lowest BCUT2D eigenvalue weighted by Gasteiger charge is -2.17. The molecule has 3 N–H and O–H groups in total. The third-order valence-corrected chi connectivity index (χ3v) is 5.38. The molecule has 0 unspecified atom stereocenters. The highest BCUT2D eigenvalue weighted by atomic mass is 19.4. The Balaban J connectivity index is 1.83. The number of nitriles is 1. The van der Waals surface area contributed by atoms with E-state index in [1.165, 1.54) is 42.6 Å². The van der Waals surface area contributed by atoms with Gasteiger partial charge in [-0.25, -0.2) is 4.39 Å². The third kappa shape index (κ3) is 6.87. The highest BCUT2D eigenvalue weighted by Crippen LogP contribution is 2.39. The maximum absolute atomic E-state index is 15.7. The van der Waals surface area contributed by atoms with Gasteiger partial charge in [-0.3, -0.25) is 14.6 Å². The normalized spacial score (nSPS) is 12.2. The fourth-order valence-electron chi connectivity index (χ4n) is 3.59. The van der Waals surface area contributed by atoms with Crippen LogP contribution in [0.25, 0.3) is 11.1 Å². The van der Waals surface area contributed by atoms with E-state index >= 15 is 4.39 Å². The first-order chi connectivity index (χ1) is 20.6. The first-order valence-electron chi connectivity index (χ1n) is 12.8. The molecular weight excluding hydrogens is 548 g/mol. The second-order valence-corrected chi connectivity index (χ2v) is 8.13. The van der Waals surface area contributed by atoms with E-state index in [-0.39, 0.29) is 16.9 Å². The molecule has 4 aromatic rings. The molecule has 0 bridgehead atoms. The van der Waals surface area contributed by atoms with Crippen LogP contribution in [-0.4, -0.2) is 30.2 Å². The Morgan fingerprint density at radius 1 is 1.00 bits per heavy atom. The summed E-state index contributed by atoms with van der Waals surface area (Å²) < 4.78 is 90.7. The smallest absolute Gasteiger partial charge is 0.493 e. The molecule has 13 heteroatoms. The fourth-order valence-corrected chi connectivity index (χ4v) is 3.59. The van der Waals surface area contributed by atoms with Crippen LogP contribution < -0.4 is 25.3 Å². The van der Waals surface area contributed by atoms with E-state index in [0.29, 0.717) is 17.2 Å². The number of hydrogen-bond donors (Lipinski definition) is 2. The van der Waals surface area contributed by atoms with Gasteiger partial charge >= 0.3 is 6.36 Å². The molecule has 0 aliphatic carbocycles. The van der Waals surface area contributed by atoms with Gasteiger partial charge in [-0.05, 0) is 59.7 Å². The van der Waals surface area contributed by atoms with E-state index in [9.17, 15) is 22.8 Å². The number of primary amides is 1. The highest BCUT2D eigenvalue weighted by Gasteiger charge is 2.31. The maximum Gasteiger partial charge on any atom is 0.573 e. The second kappa shape index (κ2) is 11.6. The van der Waals surface area contributed by atoms with Crippen molar-refractivity contribution in [2.45, 2.75) is 6.36 Å². The molecule has 0 atom stereocenters. The van der Waals surface area contributed by atoms with Crippen molar-refractivity contribution in [1.29, 1.82) is 5.26 Å². The van der Waals surface area contributed by atoms with Gasteiger partial charge in [0, 0.05) is 18.0 Å². The second-order valence-electron chi connectivity index (χ2n) is 8.13. The fraction of sp³-hybridized carbons (Fsp3) is 0.0714. The van der Waals surface area contributed by atoms with Gasteiger partial charge in [0.1, 0.15) is 28.6 Å². The molecule has 3 aromatic carbocycles. The largest absolute Gasteiger partial charge is 0.573 e. The molecular formula is C28H18F4N4O5. The standard InChI is InChI=1S/C28H18F4N4O5/c1-39-23-13-19(41-28(30,31)32)6-7-22(23)40-24-11-17(16-4-2-15(14-33)3-5-16)10-20(29)25(24)27(38)36-18-8-9-35-21(12-18)26(34)37/h2-13H,1H3,(H2,34,37)(H,35,36,38)/i1D3. The number of aromatic nitrogens is 1. The van der Waals surface area contributed by atoms with E-state index in [1.54, 1.807) is 0 Å². The van der Waals surface area contributed by atoms with Gasteiger partial charge in [0.2, 0.25) is 0 Å². The molecule has 0 aliphatic heterocycles. The summed E-state index contributed by atoms with van der Waals surface area (Å²) >= 11 is 0. The first kappa shape index (κ1) is 24.4. The van der Waals surface area contributed by atoms with E-state index in [0.717, 1.165) is 24.3 Å². The minimum absolute atomic E-state index is 0.000366. The monoisotopic (exact) mass is 569 g/mol. The highest BCUT2D eigenvalue weighted by molar-refractivity contribution is 6.07. The van der Waals surface area contributed by atoms with Crippen molar-refractivity contribution in [3.63, 3.8) is 0 Å². The van der Waals surface area contributed by atoms with Gasteiger partial charge in [-0.1, -0.05) is 12.1 Å². The van der Waals surface area contributed by atoms with Gasteiger partial charge in [0.05, 0.1) is 22.8 Å². The summed E-state index contributed by atoms with van der Waals surface area (Å²) in [4.78, 5) is 28.6. The van der Waals surface area contributed by atoms with E-state index in [4.69, 9.17) is 24.6 Å². The molecule has 0 radical (unpaired) electrons. The lowest BCUT2D eigenvalue weighted by molar-refractivity contribution is -0.274. The Kier molecular flexibility index (Phi) is 6.92. The minimum atomic E-state index is -5.12. The first-order valence-corrected chi connectivity index (χ1v) is 11.3. The molecule has 0 saturated heterocycles. The van der Waals surface area contributed by atoms with Gasteiger partial charge < -0.3 is 25.3 Å². The molecule has 2 amide bonds. The Labute approximate surface area is 233 Å². The molecule has 0 saturated carbocycles. The van der Waals surface area contributed by atoms with Crippen molar-refractivity contribution in [3.8, 4) is 40.2 Å². The number of amides is 2. The molecule has 9 nitrogen and oxygen atoms in total. The Morgan fingerprint density at radius 3 is 2.41 bits per heavy atom. The van der Waals surface area contributed by atoms with Crippen molar-refractivity contribution in [2.24, 2.45) is 5.73 Å². The maximum atomic E-state index is 15.7. The summed E-state index contributed by atoms with van der Waals surface area (Å²) in [5, 5.41) is 11.5. The van der Waals surface area contributed by atoms with Crippen LogP contribution in [0.1, 0.15) is 30.5 Å². The van der Waals surface area contributed by atoms with Crippen LogP contribution in [0, 0.1) is 17.1 Å². The van der Waals surface area contributed by atoms with E-state index < -0.39 is 59.6 Å². The molecule has 4 rings (SSSR count). The van der Waals surface area contributed by atoms with Crippen molar-refractivity contribution < 1.29 is 45.5 Å². The number of halogens is 4. The van der Waals surface area contributed by atoms with Crippen LogP contribution in [0.3, 0.4) is 0 Å². The van der Waals surface area contributed by atoms with Gasteiger partial charge in [-0.2, -0.15) is 5.26 Å². The summed E-state index contributed by atoms with van der Waals surface area (Å²) in [6.45, 7) is 0. The Hall–Kier alpha value is -5.64. The number of pyridine rings is 1. The van der Waals surface area contributed by atoms with E-state index in [1.807, 2.05) is 6.07 Å². The quantitative estimate of drug-likeness (QED) is 0.256. The summed E-state index contributed by atoms with van der Waals surface area (Å²) in [6.07, 6.45) is -3.95. The minimum Gasteiger partial charge on any atom is -0.493 e. The lowest BCUT2D eigenvalue weighted by atomic mass is 10.0. The number of methoxy groups -OCH3 is 1. The number of alkyl halides is 3. The van der Waals surface area contributed by atoms with Crippen LogP contribution in [0.4, 0.5) is 23.2 Å². The predicted octanol–water partition coefficient (Wildman–Crippen LogP) is 5.81. The van der Waals surface area contributed by atoms with Crippen LogP contribution in [0.15, 0.2) is 72.9 Å². The van der Waals surface area contributed by atoms with Crippen molar-refractivity contribution in [1.82, 2.24) is 4.98 Å². The number of nitrogens with one attached hydrogen (secondary N) is 1. The number of nitrogens with two attached hydrogens (primary N) is 1. The zero-order valence-corrected chi connectivity index (χ0v) is 20.5. The zero-order chi connectivity index (χ0) is 32.2. The number of hydrogen-bond acceptors (Lipinski definition) is 7. The average Bonchev–Trinajstić information content (AvgIpc) is 2.92. The van der Waals surface area contributed by atoms with Crippen molar-refractivity contribution >= 4 is 17.5 Å². The molecule has 0 fully saturated rings. The molecule has 41 heavy (non-hydrogen) atoms. The van der Waals surface area contributed by atoms with Crippen LogP contribution >= 0.6 is 0 Å². The number of rotatable bonds is 8.